The lowest BCUT2D eigenvalue weighted by Gasteiger charge is -2.31. The van der Waals surface area contributed by atoms with Crippen LogP contribution < -0.4 is 9.04 Å². The van der Waals surface area contributed by atoms with Crippen molar-refractivity contribution in [1.82, 2.24) is 4.98 Å². The summed E-state index contributed by atoms with van der Waals surface area (Å²) in [4.78, 5) is 4.30. The molecule has 0 atom stereocenters. The Morgan fingerprint density at radius 1 is 1.29 bits per heavy atom. The van der Waals surface area contributed by atoms with Gasteiger partial charge in [0.25, 0.3) is 0 Å². The lowest BCUT2D eigenvalue weighted by molar-refractivity contribution is 0.302. The number of fused-ring (bicyclic) bond motifs is 1. The number of aromatic nitrogens is 1. The molecule has 6 heteroatoms. The Morgan fingerprint density at radius 3 is 2.81 bits per heavy atom. The van der Waals surface area contributed by atoms with E-state index in [9.17, 15) is 8.42 Å². The van der Waals surface area contributed by atoms with Crippen molar-refractivity contribution in [1.29, 1.82) is 0 Å². The van der Waals surface area contributed by atoms with E-state index in [1.807, 2.05) is 13.0 Å². The summed E-state index contributed by atoms with van der Waals surface area (Å²) in [6, 6.07) is 3.63. The quantitative estimate of drug-likeness (QED) is 0.860. The van der Waals surface area contributed by atoms with E-state index in [-0.39, 0.29) is 5.75 Å². The number of pyridine rings is 1. The Bertz CT molecular complexity index is 609. The predicted octanol–water partition coefficient (Wildman–Crippen LogP) is 2.50. The van der Waals surface area contributed by atoms with Crippen molar-refractivity contribution in [3.63, 3.8) is 0 Å². The molecule has 0 spiro atoms. The molecule has 1 aliphatic heterocycles. The summed E-state index contributed by atoms with van der Waals surface area (Å²) in [5, 5.41) is 0. The molecule has 1 fully saturated rings. The maximum atomic E-state index is 12.7. The second-order valence-electron chi connectivity index (χ2n) is 5.98. The largest absolute Gasteiger partial charge is 0.474 e. The Kier molecular flexibility index (Phi) is 4.06. The molecule has 0 saturated heterocycles. The summed E-state index contributed by atoms with van der Waals surface area (Å²) in [5.41, 5.74) is 1.42. The van der Waals surface area contributed by atoms with E-state index in [2.05, 4.69) is 4.98 Å². The van der Waals surface area contributed by atoms with Crippen LogP contribution in [-0.2, 0) is 10.0 Å². The van der Waals surface area contributed by atoms with Crippen LogP contribution in [0.3, 0.4) is 0 Å². The van der Waals surface area contributed by atoms with Gasteiger partial charge in [0, 0.05) is 5.69 Å². The zero-order chi connectivity index (χ0) is 14.9. The van der Waals surface area contributed by atoms with Gasteiger partial charge in [-0.2, -0.15) is 0 Å². The van der Waals surface area contributed by atoms with Crippen LogP contribution in [0.25, 0.3) is 0 Å². The molecule has 2 aliphatic rings. The predicted molar refractivity (Wildman–Crippen MR) is 82.2 cm³/mol. The monoisotopic (exact) mass is 310 g/mol. The van der Waals surface area contributed by atoms with Crippen LogP contribution in [0.2, 0.25) is 0 Å². The Morgan fingerprint density at radius 2 is 2.05 bits per heavy atom. The summed E-state index contributed by atoms with van der Waals surface area (Å²) in [5.74, 6) is 0.988. The van der Waals surface area contributed by atoms with Crippen LogP contribution in [-0.4, -0.2) is 32.3 Å². The van der Waals surface area contributed by atoms with Crippen molar-refractivity contribution in [2.45, 2.75) is 39.0 Å². The van der Waals surface area contributed by atoms with Crippen LogP contribution in [0.4, 0.5) is 5.69 Å². The van der Waals surface area contributed by atoms with Crippen molar-refractivity contribution in [2.24, 2.45) is 5.92 Å². The van der Waals surface area contributed by atoms with Crippen molar-refractivity contribution in [2.75, 3.05) is 23.2 Å². The van der Waals surface area contributed by atoms with E-state index >= 15 is 0 Å². The van der Waals surface area contributed by atoms with Gasteiger partial charge in [0.1, 0.15) is 12.3 Å². The number of sulfonamides is 1. The number of rotatable bonds is 3. The summed E-state index contributed by atoms with van der Waals surface area (Å²) in [7, 11) is -3.30. The molecule has 3 rings (SSSR count). The number of ether oxygens (including phenoxy) is 1. The number of nitrogens with zero attached hydrogens (tertiary/aromatic N) is 2. The van der Waals surface area contributed by atoms with Gasteiger partial charge >= 0.3 is 0 Å². The molecule has 5 nitrogen and oxygen atoms in total. The van der Waals surface area contributed by atoms with Crippen LogP contribution in [0.1, 0.15) is 37.8 Å². The number of anilines is 1. The van der Waals surface area contributed by atoms with Gasteiger partial charge in [0.05, 0.1) is 12.3 Å². The Labute approximate surface area is 126 Å². The van der Waals surface area contributed by atoms with Crippen molar-refractivity contribution in [3.8, 4) is 5.88 Å². The molecule has 2 heterocycles. The molecule has 116 valence electrons. The second-order valence-corrected chi connectivity index (χ2v) is 7.92. The van der Waals surface area contributed by atoms with Crippen LogP contribution >= 0.6 is 0 Å². The summed E-state index contributed by atoms with van der Waals surface area (Å²) >= 11 is 0. The average molecular weight is 310 g/mol. The zero-order valence-electron chi connectivity index (χ0n) is 12.4. The van der Waals surface area contributed by atoms with E-state index in [1.54, 1.807) is 6.07 Å². The molecular formula is C15H22N2O3S. The molecule has 0 radical (unpaired) electrons. The molecule has 0 bridgehead atoms. The van der Waals surface area contributed by atoms with E-state index < -0.39 is 10.0 Å². The van der Waals surface area contributed by atoms with Crippen molar-refractivity contribution in [3.05, 3.63) is 17.8 Å². The first-order chi connectivity index (χ1) is 10.1. The highest BCUT2D eigenvalue weighted by atomic mass is 32.2. The van der Waals surface area contributed by atoms with Crippen molar-refractivity contribution < 1.29 is 13.2 Å². The molecule has 1 aliphatic carbocycles. The Balaban J connectivity index is 1.83. The molecule has 0 amide bonds. The summed E-state index contributed by atoms with van der Waals surface area (Å²) in [6.45, 7) is 2.62. The smallest absolute Gasteiger partial charge is 0.238 e. The van der Waals surface area contributed by atoms with Gasteiger partial charge in [0.2, 0.25) is 15.9 Å². The van der Waals surface area contributed by atoms with Gasteiger partial charge in [-0.1, -0.05) is 19.3 Å². The highest BCUT2D eigenvalue weighted by Crippen LogP contribution is 2.33. The third kappa shape index (κ3) is 3.15. The zero-order valence-corrected chi connectivity index (χ0v) is 13.2. The minimum atomic E-state index is -3.30. The van der Waals surface area contributed by atoms with Gasteiger partial charge in [-0.25, -0.2) is 13.4 Å². The van der Waals surface area contributed by atoms with Gasteiger partial charge in [-0.15, -0.1) is 0 Å². The van der Waals surface area contributed by atoms with E-state index in [0.717, 1.165) is 31.4 Å². The topological polar surface area (TPSA) is 59.5 Å². The fourth-order valence-corrected chi connectivity index (χ4v) is 5.10. The van der Waals surface area contributed by atoms with Crippen LogP contribution in [0.5, 0.6) is 5.88 Å². The first kappa shape index (κ1) is 14.6. The number of aryl methyl sites for hydroxylation is 1. The fraction of sp³-hybridized carbons (Fsp3) is 0.667. The third-order valence-corrected chi connectivity index (χ3v) is 6.23. The number of hydrogen-bond donors (Lipinski definition) is 0. The van der Waals surface area contributed by atoms with Gasteiger partial charge in [-0.3, -0.25) is 4.31 Å². The highest BCUT2D eigenvalue weighted by molar-refractivity contribution is 7.92. The van der Waals surface area contributed by atoms with E-state index in [0.29, 0.717) is 30.6 Å². The summed E-state index contributed by atoms with van der Waals surface area (Å²) < 4.78 is 32.5. The van der Waals surface area contributed by atoms with Gasteiger partial charge < -0.3 is 4.74 Å². The Hall–Kier alpha value is -1.30. The SMILES string of the molecule is Cc1ccc2c(n1)OCCN2S(=O)(=O)CC1CCCCC1. The van der Waals surface area contributed by atoms with Crippen LogP contribution in [0, 0.1) is 12.8 Å². The van der Waals surface area contributed by atoms with Gasteiger partial charge in [0.15, 0.2) is 0 Å². The van der Waals surface area contributed by atoms with Crippen molar-refractivity contribution >= 4 is 15.7 Å². The normalized spacial score (nSPS) is 20.0. The van der Waals surface area contributed by atoms with E-state index in [1.165, 1.54) is 10.7 Å². The number of hydrogen-bond acceptors (Lipinski definition) is 4. The molecular weight excluding hydrogens is 288 g/mol. The maximum Gasteiger partial charge on any atom is 0.238 e. The second kappa shape index (κ2) is 5.83. The van der Waals surface area contributed by atoms with E-state index in [4.69, 9.17) is 4.74 Å². The lowest BCUT2D eigenvalue weighted by atomic mass is 9.91. The molecule has 1 saturated carbocycles. The standard InChI is InChI=1S/C15H22N2O3S/c1-12-7-8-14-15(16-12)20-10-9-17(14)21(18,19)11-13-5-3-2-4-6-13/h7-8,13H,2-6,9-11H2,1H3. The molecule has 1 aromatic rings. The minimum absolute atomic E-state index is 0.250. The maximum absolute atomic E-state index is 12.7. The third-order valence-electron chi connectivity index (χ3n) is 4.29. The molecule has 0 aromatic carbocycles. The average Bonchev–Trinajstić information content (AvgIpc) is 2.47. The minimum Gasteiger partial charge on any atom is -0.474 e. The highest BCUT2D eigenvalue weighted by Gasteiger charge is 2.32. The first-order valence-electron chi connectivity index (χ1n) is 7.67. The molecule has 0 unspecified atom stereocenters. The molecule has 0 N–H and O–H groups in total. The fourth-order valence-electron chi connectivity index (χ4n) is 3.20. The summed E-state index contributed by atoms with van der Waals surface area (Å²) in [6.07, 6.45) is 5.60. The lowest BCUT2D eigenvalue weighted by Crippen LogP contribution is -2.41. The first-order valence-corrected chi connectivity index (χ1v) is 9.28. The molecule has 21 heavy (non-hydrogen) atoms. The van der Waals surface area contributed by atoms with Crippen LogP contribution in [0.15, 0.2) is 12.1 Å². The van der Waals surface area contributed by atoms with Gasteiger partial charge in [-0.05, 0) is 37.8 Å². The molecule has 1 aromatic heterocycles.